The number of ether oxygens (including phenoxy) is 1. The van der Waals surface area contributed by atoms with Crippen molar-refractivity contribution in [2.24, 2.45) is 0 Å². The van der Waals surface area contributed by atoms with Gasteiger partial charge in [-0.15, -0.1) is 0 Å². The highest BCUT2D eigenvalue weighted by molar-refractivity contribution is 5.85. The number of aromatic nitrogens is 2. The molecule has 1 aliphatic rings. The molecule has 0 amide bonds. The van der Waals surface area contributed by atoms with Crippen molar-refractivity contribution in [1.82, 2.24) is 19.8 Å². The molecule has 3 heterocycles. The first kappa shape index (κ1) is 27.0. The number of alkyl halides is 1. The molecule has 3 aromatic rings. The van der Waals surface area contributed by atoms with Crippen molar-refractivity contribution in [3.05, 3.63) is 58.7 Å². The Morgan fingerprint density at radius 3 is 2.84 bits per heavy atom. The van der Waals surface area contributed by atoms with Crippen LogP contribution in [0, 0.1) is 12.7 Å². The summed E-state index contributed by atoms with van der Waals surface area (Å²) < 4.78 is 34.1. The van der Waals surface area contributed by atoms with Crippen LogP contribution < -0.4 is 4.74 Å². The predicted octanol–water partition coefficient (Wildman–Crippen LogP) is 4.88. The first-order valence-electron chi connectivity index (χ1n) is 12.8. The molecule has 2 N–H and O–H groups in total. The van der Waals surface area contributed by atoms with Gasteiger partial charge in [-0.25, -0.2) is 9.37 Å². The largest absolute Gasteiger partial charge is 0.481 e. The van der Waals surface area contributed by atoms with Crippen molar-refractivity contribution in [3.63, 3.8) is 0 Å². The summed E-state index contributed by atoms with van der Waals surface area (Å²) in [5, 5.41) is 10.7. The van der Waals surface area contributed by atoms with Crippen LogP contribution in [0.25, 0.3) is 10.9 Å². The number of carbonyl (C=O) groups is 1. The number of hydrogen-bond acceptors (Lipinski definition) is 5. The predicted molar refractivity (Wildman–Crippen MR) is 139 cm³/mol. The molecular formula is C28H36F2N4O3. The Hall–Kier alpha value is -3.04. The Labute approximate surface area is 216 Å². The first-order chi connectivity index (χ1) is 17.7. The van der Waals surface area contributed by atoms with Crippen molar-refractivity contribution < 1.29 is 23.4 Å². The van der Waals surface area contributed by atoms with Gasteiger partial charge in [0, 0.05) is 52.9 Å². The minimum Gasteiger partial charge on any atom is -0.481 e. The van der Waals surface area contributed by atoms with Crippen molar-refractivity contribution in [1.29, 1.82) is 0 Å². The first-order valence-corrected chi connectivity index (χ1v) is 12.8. The summed E-state index contributed by atoms with van der Waals surface area (Å²) in [6.45, 7) is 6.93. The van der Waals surface area contributed by atoms with Gasteiger partial charge >= 0.3 is 5.97 Å². The van der Waals surface area contributed by atoms with Gasteiger partial charge in [-0.05, 0) is 52.3 Å². The van der Waals surface area contributed by atoms with E-state index in [0.717, 1.165) is 28.6 Å². The second kappa shape index (κ2) is 11.6. The lowest BCUT2D eigenvalue weighted by atomic mass is 9.85. The van der Waals surface area contributed by atoms with Crippen molar-refractivity contribution in [2.45, 2.75) is 58.2 Å². The minimum atomic E-state index is -0.895. The standard InChI is InChI=1S/C28H36F2N4O3/c1-17-14-21-20-8-5-6-9-23(20)32-26(21)27(34(17)18(2)15-24(35)36)25-19(3)28(31-16-22(25)30)37-13-12-33(4)11-7-10-29/h5-6,8-9,16-18,27,32H,7,10-15H2,1-4H3,(H,35,36)/t17-,18-,27-/m1/s1. The number of aromatic amines is 1. The lowest BCUT2D eigenvalue weighted by molar-refractivity contribution is -0.138. The number of carboxylic acids is 1. The fourth-order valence-corrected chi connectivity index (χ4v) is 5.62. The molecule has 0 saturated heterocycles. The second-order valence-electron chi connectivity index (χ2n) is 10.1. The van der Waals surface area contributed by atoms with E-state index in [1.165, 1.54) is 6.20 Å². The highest BCUT2D eigenvalue weighted by atomic mass is 19.1. The summed E-state index contributed by atoms with van der Waals surface area (Å²) in [6.07, 6.45) is 2.31. The number of carboxylic acid groups (broad SMARTS) is 1. The van der Waals surface area contributed by atoms with Crippen LogP contribution >= 0.6 is 0 Å². The Morgan fingerprint density at radius 2 is 2.11 bits per heavy atom. The summed E-state index contributed by atoms with van der Waals surface area (Å²) in [7, 11) is 1.90. The molecule has 9 heteroatoms. The van der Waals surface area contributed by atoms with E-state index in [1.807, 2.05) is 37.1 Å². The summed E-state index contributed by atoms with van der Waals surface area (Å²) in [5.74, 6) is -1.01. The Morgan fingerprint density at radius 1 is 1.35 bits per heavy atom. The maximum Gasteiger partial charge on any atom is 0.304 e. The average molecular weight is 515 g/mol. The van der Waals surface area contributed by atoms with Crippen LogP contribution in [-0.4, -0.2) is 76.3 Å². The van der Waals surface area contributed by atoms with Crippen LogP contribution in [0.15, 0.2) is 30.5 Å². The zero-order valence-corrected chi connectivity index (χ0v) is 21.9. The van der Waals surface area contributed by atoms with Gasteiger partial charge in [0.2, 0.25) is 5.88 Å². The van der Waals surface area contributed by atoms with Gasteiger partial charge in [0.1, 0.15) is 12.4 Å². The fraction of sp³-hybridized carbons (Fsp3) is 0.500. The number of H-pyrrole nitrogens is 1. The zero-order valence-electron chi connectivity index (χ0n) is 21.9. The number of rotatable bonds is 11. The number of fused-ring (bicyclic) bond motifs is 3. The molecule has 4 rings (SSSR count). The number of aliphatic carboxylic acids is 1. The van der Waals surface area contributed by atoms with Crippen LogP contribution in [0.1, 0.15) is 55.1 Å². The van der Waals surface area contributed by atoms with E-state index in [4.69, 9.17) is 4.74 Å². The summed E-state index contributed by atoms with van der Waals surface area (Å²) >= 11 is 0. The van der Waals surface area contributed by atoms with E-state index in [9.17, 15) is 14.3 Å². The van der Waals surface area contributed by atoms with Crippen LogP contribution in [0.3, 0.4) is 0 Å². The highest BCUT2D eigenvalue weighted by Gasteiger charge is 2.41. The van der Waals surface area contributed by atoms with Gasteiger partial charge in [0.25, 0.3) is 0 Å². The van der Waals surface area contributed by atoms with Gasteiger partial charge < -0.3 is 19.7 Å². The van der Waals surface area contributed by atoms with Crippen molar-refractivity contribution in [2.75, 3.05) is 33.4 Å². The molecule has 2 aromatic heterocycles. The van der Waals surface area contributed by atoms with Gasteiger partial charge in [-0.3, -0.25) is 14.1 Å². The van der Waals surface area contributed by atoms with Gasteiger partial charge in [-0.2, -0.15) is 0 Å². The van der Waals surface area contributed by atoms with E-state index in [2.05, 4.69) is 27.9 Å². The average Bonchev–Trinajstić information content (AvgIpc) is 3.21. The smallest absolute Gasteiger partial charge is 0.304 e. The third-order valence-corrected chi connectivity index (χ3v) is 7.34. The highest BCUT2D eigenvalue weighted by Crippen LogP contribution is 2.44. The van der Waals surface area contributed by atoms with Gasteiger partial charge in [0.15, 0.2) is 0 Å². The second-order valence-corrected chi connectivity index (χ2v) is 10.1. The Balaban J connectivity index is 1.76. The number of nitrogens with zero attached hydrogens (tertiary/aromatic N) is 3. The molecule has 3 atom stereocenters. The molecular weight excluding hydrogens is 478 g/mol. The molecule has 37 heavy (non-hydrogen) atoms. The van der Waals surface area contributed by atoms with E-state index in [-0.39, 0.29) is 25.2 Å². The third kappa shape index (κ3) is 5.62. The van der Waals surface area contributed by atoms with E-state index < -0.39 is 17.8 Å². The summed E-state index contributed by atoms with van der Waals surface area (Å²) in [5.41, 5.74) is 3.99. The van der Waals surface area contributed by atoms with Gasteiger partial charge in [-0.1, -0.05) is 18.2 Å². The molecule has 0 aliphatic carbocycles. The molecule has 0 radical (unpaired) electrons. The number of benzene rings is 1. The monoisotopic (exact) mass is 514 g/mol. The number of para-hydroxylation sites is 1. The summed E-state index contributed by atoms with van der Waals surface area (Å²) in [4.78, 5) is 23.5. The SMILES string of the molecule is Cc1c(OCCN(C)CCCF)ncc(F)c1[C@@H]1c2[nH]c3ccccc3c2C[C@@H](C)N1[C@H](C)CC(=O)O. The van der Waals surface area contributed by atoms with Gasteiger partial charge in [0.05, 0.1) is 25.3 Å². The fourth-order valence-electron chi connectivity index (χ4n) is 5.62. The molecule has 1 aliphatic heterocycles. The number of likely N-dealkylation sites (N-methyl/N-ethyl adjacent to an activating group) is 1. The number of pyridine rings is 1. The molecule has 0 fully saturated rings. The number of nitrogens with one attached hydrogen (secondary N) is 1. The number of halogens is 2. The molecule has 0 unspecified atom stereocenters. The quantitative estimate of drug-likeness (QED) is 0.380. The van der Waals surface area contributed by atoms with E-state index in [0.29, 0.717) is 43.1 Å². The lowest BCUT2D eigenvalue weighted by Crippen LogP contribution is -2.48. The zero-order chi connectivity index (χ0) is 26.7. The van der Waals surface area contributed by atoms with Crippen LogP contribution in [0.5, 0.6) is 5.88 Å². The number of hydrogen-bond donors (Lipinski definition) is 2. The Bertz CT molecular complexity index is 1250. The maximum absolute atomic E-state index is 15.7. The van der Waals surface area contributed by atoms with Crippen LogP contribution in [0.4, 0.5) is 8.78 Å². The lowest BCUT2D eigenvalue weighted by Gasteiger charge is -2.44. The van der Waals surface area contributed by atoms with Crippen molar-refractivity contribution >= 4 is 16.9 Å². The third-order valence-electron chi connectivity index (χ3n) is 7.34. The normalized spacial score (nSPS) is 18.8. The topological polar surface area (TPSA) is 81.7 Å². The maximum atomic E-state index is 15.7. The van der Waals surface area contributed by atoms with Crippen molar-refractivity contribution in [3.8, 4) is 5.88 Å². The minimum absolute atomic E-state index is 0.0217. The van der Waals surface area contributed by atoms with Crippen LogP contribution in [-0.2, 0) is 11.2 Å². The molecule has 0 saturated carbocycles. The summed E-state index contributed by atoms with van der Waals surface area (Å²) in [6, 6.07) is 7.13. The van der Waals surface area contributed by atoms with Crippen LogP contribution in [0.2, 0.25) is 0 Å². The van der Waals surface area contributed by atoms with E-state index >= 15 is 4.39 Å². The molecule has 0 bridgehead atoms. The Kier molecular flexibility index (Phi) is 8.44. The molecule has 0 spiro atoms. The molecule has 7 nitrogen and oxygen atoms in total. The molecule has 200 valence electrons. The van der Waals surface area contributed by atoms with E-state index in [1.54, 1.807) is 6.92 Å². The molecule has 1 aromatic carbocycles.